The van der Waals surface area contributed by atoms with Gasteiger partial charge in [0.1, 0.15) is 17.7 Å². The molecule has 37 heavy (non-hydrogen) atoms. The molecule has 0 bridgehead atoms. The summed E-state index contributed by atoms with van der Waals surface area (Å²) >= 11 is 4.35. The SMILES string of the molecule is C=Cc1cccc(C(C(=O)NCc2ccccc2)N(C(=O)C(CS)NC(=O)OC(C)(C)C)C2CCC2)c1. The fourth-order valence-corrected chi connectivity index (χ4v) is 4.42. The molecule has 2 aromatic rings. The smallest absolute Gasteiger partial charge is 0.408 e. The van der Waals surface area contributed by atoms with Gasteiger partial charge in [-0.1, -0.05) is 61.2 Å². The van der Waals surface area contributed by atoms with Crippen LogP contribution in [0.4, 0.5) is 4.79 Å². The number of amides is 3. The van der Waals surface area contributed by atoms with Crippen molar-refractivity contribution in [3.05, 3.63) is 77.9 Å². The summed E-state index contributed by atoms with van der Waals surface area (Å²) in [7, 11) is 0. The number of alkyl carbamates (subject to hydrolysis) is 1. The molecule has 0 heterocycles. The van der Waals surface area contributed by atoms with Gasteiger partial charge in [0.05, 0.1) is 0 Å². The zero-order valence-corrected chi connectivity index (χ0v) is 22.7. The standard InChI is InChI=1S/C29H37N3O4S/c1-5-20-13-9-14-22(17-20)25(26(33)30-18-21-11-7-6-8-12-21)32(23-15-10-16-23)27(34)24(19-37)31-28(35)36-29(2,3)4/h5-9,11-14,17,23-25,37H,1,10,15-16,18-19H2,2-4H3,(H,30,33)(H,31,35). The van der Waals surface area contributed by atoms with Crippen LogP contribution < -0.4 is 10.6 Å². The van der Waals surface area contributed by atoms with Crippen LogP contribution in [-0.2, 0) is 20.9 Å². The van der Waals surface area contributed by atoms with Gasteiger partial charge in [-0.3, -0.25) is 9.59 Å². The Morgan fingerprint density at radius 3 is 2.41 bits per heavy atom. The second-order valence-corrected chi connectivity index (χ2v) is 10.6. The second kappa shape index (κ2) is 12.8. The third-order valence-electron chi connectivity index (χ3n) is 6.19. The largest absolute Gasteiger partial charge is 0.444 e. The van der Waals surface area contributed by atoms with Crippen molar-refractivity contribution < 1.29 is 19.1 Å². The van der Waals surface area contributed by atoms with Crippen LogP contribution in [0, 0.1) is 0 Å². The zero-order valence-electron chi connectivity index (χ0n) is 21.8. The first kappa shape index (κ1) is 28.3. The Morgan fingerprint density at radius 1 is 1.14 bits per heavy atom. The number of hydrogen-bond acceptors (Lipinski definition) is 5. The minimum Gasteiger partial charge on any atom is -0.444 e. The maximum absolute atomic E-state index is 14.0. The molecule has 0 radical (unpaired) electrons. The Bertz CT molecular complexity index is 1100. The minimum atomic E-state index is -0.953. The van der Waals surface area contributed by atoms with Crippen LogP contribution >= 0.6 is 12.6 Å². The van der Waals surface area contributed by atoms with Gasteiger partial charge in [-0.15, -0.1) is 0 Å². The highest BCUT2D eigenvalue weighted by molar-refractivity contribution is 7.80. The third-order valence-corrected chi connectivity index (χ3v) is 6.56. The van der Waals surface area contributed by atoms with Crippen LogP contribution in [0.2, 0.25) is 0 Å². The Hall–Kier alpha value is -3.26. The summed E-state index contributed by atoms with van der Waals surface area (Å²) in [5.74, 6) is -0.596. The van der Waals surface area contributed by atoms with E-state index in [2.05, 4.69) is 29.8 Å². The van der Waals surface area contributed by atoms with Crippen molar-refractivity contribution in [1.82, 2.24) is 15.5 Å². The number of ether oxygens (including phenoxy) is 1. The molecular weight excluding hydrogens is 486 g/mol. The van der Waals surface area contributed by atoms with E-state index < -0.39 is 23.8 Å². The number of benzene rings is 2. The van der Waals surface area contributed by atoms with Gasteiger partial charge in [0, 0.05) is 18.3 Å². The van der Waals surface area contributed by atoms with Crippen LogP contribution in [0.5, 0.6) is 0 Å². The number of carbonyl (C=O) groups excluding carboxylic acids is 3. The quantitative estimate of drug-likeness (QED) is 0.387. The van der Waals surface area contributed by atoms with Crippen LogP contribution in [0.1, 0.15) is 62.8 Å². The lowest BCUT2D eigenvalue weighted by atomic mass is 9.88. The van der Waals surface area contributed by atoms with Gasteiger partial charge in [-0.25, -0.2) is 4.79 Å². The number of hydrogen-bond donors (Lipinski definition) is 3. The van der Waals surface area contributed by atoms with Crippen molar-refractivity contribution in [3.63, 3.8) is 0 Å². The van der Waals surface area contributed by atoms with Crippen LogP contribution in [0.25, 0.3) is 6.08 Å². The summed E-state index contributed by atoms with van der Waals surface area (Å²) in [5.41, 5.74) is 1.76. The fraction of sp³-hybridized carbons (Fsp3) is 0.414. The van der Waals surface area contributed by atoms with E-state index in [1.807, 2.05) is 54.6 Å². The lowest BCUT2D eigenvalue weighted by Crippen LogP contribution is -2.58. The molecule has 8 heteroatoms. The van der Waals surface area contributed by atoms with E-state index in [0.29, 0.717) is 12.1 Å². The summed E-state index contributed by atoms with van der Waals surface area (Å²) in [4.78, 5) is 41.9. The molecule has 1 aliphatic rings. The Labute approximate surface area is 225 Å². The summed E-state index contributed by atoms with van der Waals surface area (Å²) in [6.45, 7) is 9.44. The van der Waals surface area contributed by atoms with E-state index in [0.717, 1.165) is 30.4 Å². The van der Waals surface area contributed by atoms with E-state index in [1.54, 1.807) is 31.7 Å². The van der Waals surface area contributed by atoms with Gasteiger partial charge in [-0.2, -0.15) is 12.6 Å². The molecule has 1 fully saturated rings. The van der Waals surface area contributed by atoms with E-state index in [4.69, 9.17) is 4.74 Å². The molecule has 3 amide bonds. The average molecular weight is 524 g/mol. The van der Waals surface area contributed by atoms with Crippen molar-refractivity contribution in [1.29, 1.82) is 0 Å². The van der Waals surface area contributed by atoms with E-state index in [-0.39, 0.29) is 23.6 Å². The summed E-state index contributed by atoms with van der Waals surface area (Å²) in [5, 5.41) is 5.67. The molecule has 0 spiro atoms. The lowest BCUT2D eigenvalue weighted by molar-refractivity contribution is -0.147. The Kier molecular flexibility index (Phi) is 9.80. The number of nitrogens with zero attached hydrogens (tertiary/aromatic N) is 1. The molecule has 2 aromatic carbocycles. The van der Waals surface area contributed by atoms with Crippen molar-refractivity contribution in [3.8, 4) is 0 Å². The molecular formula is C29H37N3O4S. The Morgan fingerprint density at radius 2 is 1.84 bits per heavy atom. The van der Waals surface area contributed by atoms with E-state index in [1.165, 1.54) is 0 Å². The van der Waals surface area contributed by atoms with Crippen molar-refractivity contribution in [2.24, 2.45) is 0 Å². The predicted octanol–water partition coefficient (Wildman–Crippen LogP) is 4.89. The molecule has 0 aliphatic heterocycles. The molecule has 7 nitrogen and oxygen atoms in total. The highest BCUT2D eigenvalue weighted by Crippen LogP contribution is 2.34. The first-order valence-corrected chi connectivity index (χ1v) is 13.2. The highest BCUT2D eigenvalue weighted by Gasteiger charge is 2.41. The van der Waals surface area contributed by atoms with Crippen molar-refractivity contribution in [2.75, 3.05) is 5.75 Å². The summed E-state index contributed by atoms with van der Waals surface area (Å²) < 4.78 is 5.37. The van der Waals surface area contributed by atoms with Crippen LogP contribution in [0.3, 0.4) is 0 Å². The minimum absolute atomic E-state index is 0.0619. The molecule has 2 atom stereocenters. The normalized spacial score (nSPS) is 15.0. The zero-order chi connectivity index (χ0) is 27.0. The first-order valence-electron chi connectivity index (χ1n) is 12.6. The van der Waals surface area contributed by atoms with E-state index >= 15 is 0 Å². The molecule has 3 rings (SSSR count). The van der Waals surface area contributed by atoms with E-state index in [9.17, 15) is 14.4 Å². The number of carbonyl (C=O) groups is 3. The molecule has 0 aromatic heterocycles. The molecule has 198 valence electrons. The average Bonchev–Trinajstić information content (AvgIpc) is 2.83. The van der Waals surface area contributed by atoms with Gasteiger partial charge in [0.15, 0.2) is 0 Å². The maximum Gasteiger partial charge on any atom is 0.408 e. The van der Waals surface area contributed by atoms with Gasteiger partial charge in [0.2, 0.25) is 11.8 Å². The van der Waals surface area contributed by atoms with Gasteiger partial charge in [-0.05, 0) is 62.8 Å². The van der Waals surface area contributed by atoms with Gasteiger partial charge >= 0.3 is 6.09 Å². The summed E-state index contributed by atoms with van der Waals surface area (Å²) in [6, 6.07) is 15.1. The number of rotatable bonds is 10. The molecule has 2 unspecified atom stereocenters. The number of nitrogens with one attached hydrogen (secondary N) is 2. The molecule has 1 aliphatic carbocycles. The Balaban J connectivity index is 1.94. The van der Waals surface area contributed by atoms with Crippen molar-refractivity contribution >= 4 is 36.6 Å². The molecule has 1 saturated carbocycles. The molecule has 2 N–H and O–H groups in total. The fourth-order valence-electron chi connectivity index (χ4n) is 4.17. The third kappa shape index (κ3) is 7.86. The molecule has 0 saturated heterocycles. The topological polar surface area (TPSA) is 87.7 Å². The highest BCUT2D eigenvalue weighted by atomic mass is 32.1. The predicted molar refractivity (Wildman–Crippen MR) is 149 cm³/mol. The first-order chi connectivity index (χ1) is 17.6. The second-order valence-electron chi connectivity index (χ2n) is 10.2. The van der Waals surface area contributed by atoms with Crippen LogP contribution in [-0.4, -0.2) is 46.2 Å². The lowest BCUT2D eigenvalue weighted by Gasteiger charge is -2.43. The summed E-state index contributed by atoms with van der Waals surface area (Å²) in [6.07, 6.45) is 3.53. The van der Waals surface area contributed by atoms with Crippen LogP contribution in [0.15, 0.2) is 61.2 Å². The number of thiol groups is 1. The maximum atomic E-state index is 14.0. The van der Waals surface area contributed by atoms with Gasteiger partial charge in [0.25, 0.3) is 0 Å². The van der Waals surface area contributed by atoms with Gasteiger partial charge < -0.3 is 20.3 Å². The monoisotopic (exact) mass is 523 g/mol. The van der Waals surface area contributed by atoms with Crippen molar-refractivity contribution in [2.45, 2.75) is 70.3 Å².